The number of fused-ring (bicyclic) bond motifs is 1. The fourth-order valence-corrected chi connectivity index (χ4v) is 5.43. The monoisotopic (exact) mass is 511 g/mol. The molecule has 2 heterocycles. The Bertz CT molecular complexity index is 1220. The summed E-state index contributed by atoms with van der Waals surface area (Å²) in [5, 5.41) is 20.4. The van der Waals surface area contributed by atoms with E-state index in [9.17, 15) is 14.6 Å². The fraction of sp³-hybridized carbons (Fsp3) is 0.379. The first-order valence-electron chi connectivity index (χ1n) is 12.4. The maximum absolute atomic E-state index is 12.6. The van der Waals surface area contributed by atoms with E-state index in [-0.39, 0.29) is 37.0 Å². The minimum absolute atomic E-state index is 0.0507. The molecule has 3 aliphatic rings. The van der Waals surface area contributed by atoms with E-state index in [1.807, 2.05) is 31.2 Å². The third kappa shape index (κ3) is 5.03. The van der Waals surface area contributed by atoms with Gasteiger partial charge in [-0.3, -0.25) is 9.29 Å². The molecule has 7 heteroatoms. The highest BCUT2D eigenvalue weighted by Gasteiger charge is 2.34. The van der Waals surface area contributed by atoms with Crippen molar-refractivity contribution in [1.82, 2.24) is 4.90 Å². The first-order valence-corrected chi connectivity index (χ1v) is 12.7. The molecule has 2 unspecified atom stereocenters. The molecular formula is C29H31ClFNO4. The summed E-state index contributed by atoms with van der Waals surface area (Å²) < 4.78 is 25.1. The first kappa shape index (κ1) is 24.9. The van der Waals surface area contributed by atoms with Crippen molar-refractivity contribution in [2.24, 2.45) is 11.8 Å². The number of likely N-dealkylation sites (tertiary alicyclic amines) is 1. The van der Waals surface area contributed by atoms with Crippen molar-refractivity contribution >= 4 is 22.7 Å². The average Bonchev–Trinajstić information content (AvgIpc) is 2.85. The number of benzene rings is 2. The summed E-state index contributed by atoms with van der Waals surface area (Å²) in [6.45, 7) is 4.64. The molecule has 0 amide bonds. The molecule has 2 aliphatic heterocycles. The number of aliphatic hydroxyl groups is 1. The number of halogens is 2. The maximum atomic E-state index is 12.6. The predicted octanol–water partition coefficient (Wildman–Crippen LogP) is 5.61. The van der Waals surface area contributed by atoms with Crippen LogP contribution in [0.3, 0.4) is 0 Å². The van der Waals surface area contributed by atoms with Gasteiger partial charge in [0.1, 0.15) is 30.0 Å². The summed E-state index contributed by atoms with van der Waals surface area (Å²) in [4.78, 5) is 2.20. The summed E-state index contributed by atoms with van der Waals surface area (Å²) in [5.41, 5.74) is 4.45. The number of ether oxygens (including phenoxy) is 2. The number of hydrogen-bond acceptors (Lipinski definition) is 5. The van der Waals surface area contributed by atoms with Crippen molar-refractivity contribution in [2.45, 2.75) is 26.1 Å². The van der Waals surface area contributed by atoms with E-state index in [4.69, 9.17) is 21.1 Å². The molecule has 2 atom stereocenters. The van der Waals surface area contributed by atoms with Gasteiger partial charge in [0.15, 0.2) is 0 Å². The first-order chi connectivity index (χ1) is 17.5. The second kappa shape index (κ2) is 10.7. The van der Waals surface area contributed by atoms with Gasteiger partial charge in [0, 0.05) is 47.6 Å². The van der Waals surface area contributed by atoms with Gasteiger partial charge in [-0.1, -0.05) is 29.8 Å². The zero-order valence-corrected chi connectivity index (χ0v) is 21.0. The summed E-state index contributed by atoms with van der Waals surface area (Å²) in [7, 11) is 0. The normalized spacial score (nSPS) is 22.1. The number of phenolic OH excluding ortho intramolecular Hbond substituents is 1. The Labute approximate surface area is 216 Å². The fourth-order valence-electron chi connectivity index (χ4n) is 5.22. The molecule has 190 valence electrons. The number of phenols is 1. The molecule has 0 spiro atoms. The molecule has 2 N–H and O–H groups in total. The number of nitrogens with zero attached hydrogens (tertiary/aromatic N) is 1. The summed E-state index contributed by atoms with van der Waals surface area (Å²) in [6, 6.07) is 10.9. The Morgan fingerprint density at radius 1 is 1.22 bits per heavy atom. The molecule has 1 aliphatic carbocycles. The van der Waals surface area contributed by atoms with Crippen molar-refractivity contribution in [2.75, 3.05) is 32.9 Å². The van der Waals surface area contributed by atoms with Gasteiger partial charge in [0.2, 0.25) is 0 Å². The number of alkyl halides is 1. The van der Waals surface area contributed by atoms with E-state index >= 15 is 0 Å². The second-order valence-electron chi connectivity index (χ2n) is 9.72. The van der Waals surface area contributed by atoms with Crippen LogP contribution in [0.2, 0.25) is 5.02 Å². The van der Waals surface area contributed by atoms with E-state index in [0.717, 1.165) is 54.1 Å². The molecule has 5 nitrogen and oxygen atoms in total. The quantitative estimate of drug-likeness (QED) is 0.482. The van der Waals surface area contributed by atoms with Gasteiger partial charge in [-0.15, -0.1) is 0 Å². The van der Waals surface area contributed by atoms with Crippen molar-refractivity contribution in [3.63, 3.8) is 0 Å². The lowest BCUT2D eigenvalue weighted by Gasteiger charge is -2.37. The van der Waals surface area contributed by atoms with E-state index < -0.39 is 0 Å². The largest absolute Gasteiger partial charge is 0.508 e. The SMILES string of the molecule is CC1=C(c2cccc(O)c2)C(C2C=CC(OCCN3CC(CF)C3)=CC2)Oc2cc(Cl)c(CO)cc21. The van der Waals surface area contributed by atoms with Crippen LogP contribution >= 0.6 is 11.6 Å². The molecular weight excluding hydrogens is 481 g/mol. The zero-order valence-electron chi connectivity index (χ0n) is 20.3. The minimum Gasteiger partial charge on any atom is -0.508 e. The smallest absolute Gasteiger partial charge is 0.131 e. The molecule has 0 radical (unpaired) electrons. The number of aliphatic hydroxyl groups excluding tert-OH is 1. The van der Waals surface area contributed by atoms with Gasteiger partial charge in [-0.2, -0.15) is 0 Å². The average molecular weight is 512 g/mol. The molecule has 1 saturated heterocycles. The topological polar surface area (TPSA) is 62.2 Å². The predicted molar refractivity (Wildman–Crippen MR) is 140 cm³/mol. The van der Waals surface area contributed by atoms with Gasteiger partial charge >= 0.3 is 0 Å². The van der Waals surface area contributed by atoms with Crippen molar-refractivity contribution < 1.29 is 24.1 Å². The Morgan fingerprint density at radius 3 is 2.75 bits per heavy atom. The lowest BCUT2D eigenvalue weighted by molar-refractivity contribution is 0.0563. The van der Waals surface area contributed by atoms with Crippen LogP contribution < -0.4 is 4.74 Å². The Kier molecular flexibility index (Phi) is 7.37. The number of hydrogen-bond donors (Lipinski definition) is 2. The molecule has 0 saturated carbocycles. The van der Waals surface area contributed by atoms with Crippen LogP contribution in [-0.2, 0) is 11.3 Å². The van der Waals surface area contributed by atoms with Crippen LogP contribution in [0.4, 0.5) is 4.39 Å². The molecule has 1 fully saturated rings. The third-order valence-corrected chi connectivity index (χ3v) is 7.59. The van der Waals surface area contributed by atoms with Crippen LogP contribution in [-0.4, -0.2) is 54.1 Å². The van der Waals surface area contributed by atoms with Gasteiger partial charge in [-0.05, 0) is 66.5 Å². The van der Waals surface area contributed by atoms with Crippen molar-refractivity contribution in [3.8, 4) is 11.5 Å². The summed E-state index contributed by atoms with van der Waals surface area (Å²) >= 11 is 6.39. The molecule has 0 bridgehead atoms. The molecule has 5 rings (SSSR count). The Hall–Kier alpha value is -2.80. The van der Waals surface area contributed by atoms with Gasteiger partial charge < -0.3 is 19.7 Å². The van der Waals surface area contributed by atoms with E-state index in [1.54, 1.807) is 18.2 Å². The molecule has 2 aromatic rings. The number of aromatic hydroxyl groups is 1. The molecule has 36 heavy (non-hydrogen) atoms. The van der Waals surface area contributed by atoms with Crippen LogP contribution in [0.5, 0.6) is 11.5 Å². The lowest BCUT2D eigenvalue weighted by Crippen LogP contribution is -2.48. The van der Waals surface area contributed by atoms with Crippen molar-refractivity contribution in [1.29, 1.82) is 0 Å². The Morgan fingerprint density at radius 2 is 2.06 bits per heavy atom. The van der Waals surface area contributed by atoms with Crippen LogP contribution in [0, 0.1) is 11.8 Å². The zero-order chi connectivity index (χ0) is 25.2. The highest BCUT2D eigenvalue weighted by atomic mass is 35.5. The van der Waals surface area contributed by atoms with Crippen LogP contribution in [0.1, 0.15) is 30.0 Å². The Balaban J connectivity index is 1.35. The van der Waals surface area contributed by atoms with E-state index in [1.165, 1.54) is 0 Å². The number of allylic oxidation sites excluding steroid dienone is 3. The third-order valence-electron chi connectivity index (χ3n) is 7.24. The summed E-state index contributed by atoms with van der Waals surface area (Å²) in [5.74, 6) is 1.95. The van der Waals surface area contributed by atoms with Gasteiger partial charge in [0.25, 0.3) is 0 Å². The lowest BCUT2D eigenvalue weighted by atomic mass is 9.81. The number of rotatable bonds is 8. The van der Waals surface area contributed by atoms with Crippen LogP contribution in [0.15, 0.2) is 60.4 Å². The highest BCUT2D eigenvalue weighted by Crippen LogP contribution is 2.46. The maximum Gasteiger partial charge on any atom is 0.131 e. The standard InChI is InChI=1S/C29H31ClFNO4/c1-18-25-12-22(17-33)26(30)13-27(25)36-29(28(18)21-3-2-4-23(34)11-21)20-5-7-24(8-6-20)35-10-9-32-15-19(14-31)16-32/h2-5,7-8,11-13,19-20,29,33-34H,6,9-10,14-17H2,1H3. The molecule has 0 aromatic heterocycles. The highest BCUT2D eigenvalue weighted by molar-refractivity contribution is 6.31. The molecule has 2 aromatic carbocycles. The van der Waals surface area contributed by atoms with Gasteiger partial charge in [0.05, 0.1) is 13.3 Å². The van der Waals surface area contributed by atoms with Crippen LogP contribution in [0.25, 0.3) is 11.1 Å². The second-order valence-corrected chi connectivity index (χ2v) is 10.1. The van der Waals surface area contributed by atoms with E-state index in [0.29, 0.717) is 22.9 Å². The van der Waals surface area contributed by atoms with E-state index in [2.05, 4.69) is 17.1 Å². The minimum atomic E-state index is -0.289. The van der Waals surface area contributed by atoms with Crippen molar-refractivity contribution in [3.05, 3.63) is 82.1 Å². The summed E-state index contributed by atoms with van der Waals surface area (Å²) in [6.07, 6.45) is 6.64. The van der Waals surface area contributed by atoms with Gasteiger partial charge in [-0.25, -0.2) is 0 Å².